The molecule has 0 bridgehead atoms. The second kappa shape index (κ2) is 9.20. The van der Waals surface area contributed by atoms with E-state index in [1.54, 1.807) is 12.1 Å². The molecule has 5 heteroatoms. The lowest BCUT2D eigenvalue weighted by Crippen LogP contribution is -2.30. The fraction of sp³-hybridized carbons (Fsp3) is 0.350. The third-order valence-corrected chi connectivity index (χ3v) is 3.95. The van der Waals surface area contributed by atoms with Gasteiger partial charge in [0.15, 0.2) is 0 Å². The standard InChI is InChI=1S/C20H26N2O3/c1-15-4-6-16(7-5-15)19(25-13-12-23)14-21-20(24)17-8-10-18(11-9-17)22(2)3/h4-11,19,23H,12-14H2,1-3H3,(H,21,24). The molecule has 0 aromatic heterocycles. The van der Waals surface area contributed by atoms with Gasteiger partial charge in [-0.25, -0.2) is 0 Å². The number of nitrogens with zero attached hydrogens (tertiary/aromatic N) is 1. The monoisotopic (exact) mass is 342 g/mol. The zero-order chi connectivity index (χ0) is 18.2. The first-order valence-corrected chi connectivity index (χ1v) is 8.36. The molecule has 0 spiro atoms. The number of ether oxygens (including phenoxy) is 1. The van der Waals surface area contributed by atoms with Crippen LogP contribution in [0.15, 0.2) is 48.5 Å². The maximum absolute atomic E-state index is 12.4. The highest BCUT2D eigenvalue weighted by Gasteiger charge is 2.14. The van der Waals surface area contributed by atoms with Gasteiger partial charge in [-0.1, -0.05) is 29.8 Å². The van der Waals surface area contributed by atoms with Crippen LogP contribution in [0, 0.1) is 6.92 Å². The summed E-state index contributed by atoms with van der Waals surface area (Å²) < 4.78 is 5.68. The SMILES string of the molecule is Cc1ccc(C(CNC(=O)c2ccc(N(C)C)cc2)OCCO)cc1. The Morgan fingerprint density at radius 3 is 2.32 bits per heavy atom. The van der Waals surface area contributed by atoms with Crippen LogP contribution < -0.4 is 10.2 Å². The first-order chi connectivity index (χ1) is 12.0. The summed E-state index contributed by atoms with van der Waals surface area (Å²) in [5, 5.41) is 11.9. The molecular formula is C20H26N2O3. The lowest BCUT2D eigenvalue weighted by molar-refractivity contribution is 0.0277. The van der Waals surface area contributed by atoms with Gasteiger partial charge in [0, 0.05) is 31.9 Å². The predicted octanol–water partition coefficient (Wildman–Crippen LogP) is 2.54. The summed E-state index contributed by atoms with van der Waals surface area (Å²) >= 11 is 0. The largest absolute Gasteiger partial charge is 0.394 e. The van der Waals surface area contributed by atoms with Crippen LogP contribution in [-0.4, -0.2) is 44.9 Å². The fourth-order valence-corrected chi connectivity index (χ4v) is 2.45. The highest BCUT2D eigenvalue weighted by atomic mass is 16.5. The van der Waals surface area contributed by atoms with Crippen molar-refractivity contribution in [1.29, 1.82) is 0 Å². The van der Waals surface area contributed by atoms with Gasteiger partial charge in [-0.15, -0.1) is 0 Å². The molecular weight excluding hydrogens is 316 g/mol. The van der Waals surface area contributed by atoms with Gasteiger partial charge in [-0.3, -0.25) is 4.79 Å². The Morgan fingerprint density at radius 2 is 1.76 bits per heavy atom. The Kier molecular flexibility index (Phi) is 6.98. The molecule has 0 heterocycles. The maximum Gasteiger partial charge on any atom is 0.251 e. The van der Waals surface area contributed by atoms with E-state index in [0.29, 0.717) is 12.1 Å². The Bertz CT molecular complexity index is 666. The number of aliphatic hydroxyl groups excluding tert-OH is 1. The molecule has 1 amide bonds. The molecule has 0 saturated carbocycles. The summed E-state index contributed by atoms with van der Waals surface area (Å²) in [6.45, 7) is 2.54. The number of amides is 1. The van der Waals surface area contributed by atoms with Crippen LogP contribution >= 0.6 is 0 Å². The molecule has 2 N–H and O–H groups in total. The van der Waals surface area contributed by atoms with Gasteiger partial charge in [0.05, 0.1) is 19.3 Å². The van der Waals surface area contributed by atoms with Crippen molar-refractivity contribution in [2.45, 2.75) is 13.0 Å². The summed E-state index contributed by atoms with van der Waals surface area (Å²) in [6, 6.07) is 15.4. The number of anilines is 1. The van der Waals surface area contributed by atoms with Crippen LogP contribution in [0.3, 0.4) is 0 Å². The van der Waals surface area contributed by atoms with E-state index in [1.165, 1.54) is 0 Å². The minimum atomic E-state index is -0.294. The highest BCUT2D eigenvalue weighted by molar-refractivity contribution is 5.94. The van der Waals surface area contributed by atoms with E-state index in [2.05, 4.69) is 5.32 Å². The average molecular weight is 342 g/mol. The summed E-state index contributed by atoms with van der Waals surface area (Å²) in [7, 11) is 3.92. The average Bonchev–Trinajstić information content (AvgIpc) is 2.62. The van der Waals surface area contributed by atoms with Gasteiger partial charge < -0.3 is 20.1 Å². The molecule has 2 aromatic carbocycles. The molecule has 0 radical (unpaired) electrons. The van der Waals surface area contributed by atoms with E-state index >= 15 is 0 Å². The highest BCUT2D eigenvalue weighted by Crippen LogP contribution is 2.18. The van der Waals surface area contributed by atoms with Gasteiger partial charge >= 0.3 is 0 Å². The maximum atomic E-state index is 12.4. The van der Waals surface area contributed by atoms with Crippen LogP contribution in [0.2, 0.25) is 0 Å². The normalized spacial score (nSPS) is 11.8. The van der Waals surface area contributed by atoms with Crippen LogP contribution in [0.4, 0.5) is 5.69 Å². The van der Waals surface area contributed by atoms with E-state index in [0.717, 1.165) is 16.8 Å². The number of aryl methyl sites for hydroxylation is 1. The summed E-state index contributed by atoms with van der Waals surface area (Å²) in [4.78, 5) is 14.3. The van der Waals surface area contributed by atoms with Crippen molar-refractivity contribution in [3.8, 4) is 0 Å². The Morgan fingerprint density at radius 1 is 1.12 bits per heavy atom. The van der Waals surface area contributed by atoms with Crippen LogP contribution in [-0.2, 0) is 4.74 Å². The molecule has 1 atom stereocenters. The zero-order valence-corrected chi connectivity index (χ0v) is 15.0. The van der Waals surface area contributed by atoms with Crippen molar-refractivity contribution in [1.82, 2.24) is 5.32 Å². The van der Waals surface area contributed by atoms with Crippen molar-refractivity contribution >= 4 is 11.6 Å². The molecule has 2 rings (SSSR count). The third kappa shape index (κ3) is 5.59. The molecule has 0 saturated heterocycles. The topological polar surface area (TPSA) is 61.8 Å². The second-order valence-corrected chi connectivity index (χ2v) is 6.15. The Labute approximate surface area is 149 Å². The number of nitrogens with one attached hydrogen (secondary N) is 1. The van der Waals surface area contributed by atoms with Gasteiger partial charge in [0.25, 0.3) is 5.91 Å². The first-order valence-electron chi connectivity index (χ1n) is 8.36. The van der Waals surface area contributed by atoms with Gasteiger partial charge in [0.2, 0.25) is 0 Å². The number of hydrogen-bond donors (Lipinski definition) is 2. The van der Waals surface area contributed by atoms with Gasteiger partial charge in [-0.2, -0.15) is 0 Å². The van der Waals surface area contributed by atoms with Gasteiger partial charge in [-0.05, 0) is 36.8 Å². The van der Waals surface area contributed by atoms with Crippen molar-refractivity contribution in [3.05, 3.63) is 65.2 Å². The van der Waals surface area contributed by atoms with Crippen LogP contribution in [0.5, 0.6) is 0 Å². The molecule has 5 nitrogen and oxygen atoms in total. The minimum absolute atomic E-state index is 0.0533. The number of carbonyl (C=O) groups excluding carboxylic acids is 1. The van der Waals surface area contributed by atoms with Crippen molar-refractivity contribution in [2.75, 3.05) is 38.8 Å². The van der Waals surface area contributed by atoms with Crippen LogP contribution in [0.1, 0.15) is 27.6 Å². The Hall–Kier alpha value is -2.37. The number of carbonyl (C=O) groups is 1. The summed E-state index contributed by atoms with van der Waals surface area (Å²) in [5.41, 5.74) is 3.78. The quantitative estimate of drug-likeness (QED) is 0.774. The smallest absolute Gasteiger partial charge is 0.251 e. The summed E-state index contributed by atoms with van der Waals surface area (Å²) in [5.74, 6) is -0.144. The summed E-state index contributed by atoms with van der Waals surface area (Å²) in [6.07, 6.45) is -0.294. The van der Waals surface area contributed by atoms with Gasteiger partial charge in [0.1, 0.15) is 0 Å². The van der Waals surface area contributed by atoms with E-state index in [9.17, 15) is 4.79 Å². The molecule has 0 fully saturated rings. The molecule has 25 heavy (non-hydrogen) atoms. The number of rotatable bonds is 8. The molecule has 1 unspecified atom stereocenters. The zero-order valence-electron chi connectivity index (χ0n) is 15.0. The molecule has 0 aliphatic carbocycles. The van der Waals surface area contributed by atoms with Crippen molar-refractivity contribution in [2.24, 2.45) is 0 Å². The second-order valence-electron chi connectivity index (χ2n) is 6.15. The minimum Gasteiger partial charge on any atom is -0.394 e. The lowest BCUT2D eigenvalue weighted by Gasteiger charge is -2.19. The molecule has 0 aliphatic heterocycles. The Balaban J connectivity index is 2.01. The molecule has 134 valence electrons. The lowest BCUT2D eigenvalue weighted by atomic mass is 10.1. The fourth-order valence-electron chi connectivity index (χ4n) is 2.45. The predicted molar refractivity (Wildman–Crippen MR) is 100 cm³/mol. The number of aliphatic hydroxyl groups is 1. The molecule has 2 aromatic rings. The van der Waals surface area contributed by atoms with E-state index in [1.807, 2.05) is 62.3 Å². The third-order valence-electron chi connectivity index (χ3n) is 3.95. The molecule has 0 aliphatic rings. The number of benzene rings is 2. The van der Waals surface area contributed by atoms with Crippen molar-refractivity contribution < 1.29 is 14.6 Å². The number of hydrogen-bond acceptors (Lipinski definition) is 4. The van der Waals surface area contributed by atoms with Crippen LogP contribution in [0.25, 0.3) is 0 Å². The van der Waals surface area contributed by atoms with Crippen molar-refractivity contribution in [3.63, 3.8) is 0 Å². The first kappa shape index (κ1) is 19.0. The van der Waals surface area contributed by atoms with E-state index in [4.69, 9.17) is 9.84 Å². The van der Waals surface area contributed by atoms with E-state index in [-0.39, 0.29) is 25.2 Å². The van der Waals surface area contributed by atoms with E-state index < -0.39 is 0 Å².